The molecule has 1 amide bonds. The molecule has 2 nitrogen and oxygen atoms in total. The van der Waals surface area contributed by atoms with E-state index in [1.807, 2.05) is 44.2 Å². The van der Waals surface area contributed by atoms with Crippen molar-refractivity contribution in [2.75, 3.05) is 5.88 Å². The van der Waals surface area contributed by atoms with Crippen LogP contribution in [0.25, 0.3) is 0 Å². The number of amides is 1. The topological polar surface area (TPSA) is 20.3 Å². The van der Waals surface area contributed by atoms with E-state index in [-0.39, 0.29) is 17.8 Å². The Morgan fingerprint density at radius 2 is 1.93 bits per heavy atom. The van der Waals surface area contributed by atoms with Crippen molar-refractivity contribution < 1.29 is 4.79 Å². The number of carbonyl (C=O) groups is 1. The van der Waals surface area contributed by atoms with Gasteiger partial charge in [-0.15, -0.1) is 11.6 Å². The zero-order valence-electron chi connectivity index (χ0n) is 9.11. The number of halogens is 1. The van der Waals surface area contributed by atoms with Crippen LogP contribution in [0.3, 0.4) is 0 Å². The number of carbonyl (C=O) groups excluding carboxylic acids is 1. The van der Waals surface area contributed by atoms with E-state index in [4.69, 9.17) is 11.6 Å². The molecule has 0 unspecified atom stereocenters. The van der Waals surface area contributed by atoms with Crippen LogP contribution in [0.2, 0.25) is 0 Å². The zero-order chi connectivity index (χ0) is 11.3. The Labute approximate surface area is 95.8 Å². The van der Waals surface area contributed by atoms with E-state index in [1.54, 1.807) is 4.90 Å². The van der Waals surface area contributed by atoms with Crippen LogP contribution in [-0.4, -0.2) is 22.7 Å². The fourth-order valence-corrected chi connectivity index (χ4v) is 1.57. The van der Waals surface area contributed by atoms with E-state index in [0.29, 0.717) is 6.54 Å². The van der Waals surface area contributed by atoms with E-state index in [0.717, 1.165) is 5.56 Å². The van der Waals surface area contributed by atoms with Gasteiger partial charge in [0, 0.05) is 12.6 Å². The first-order valence-electron chi connectivity index (χ1n) is 5.04. The quantitative estimate of drug-likeness (QED) is 0.722. The predicted molar refractivity (Wildman–Crippen MR) is 62.8 cm³/mol. The predicted octanol–water partition coefficient (Wildman–Crippen LogP) is 2.66. The molecule has 3 heteroatoms. The first kappa shape index (κ1) is 12.1. The van der Waals surface area contributed by atoms with Gasteiger partial charge in [0.05, 0.1) is 0 Å². The molecule has 1 aromatic rings. The van der Waals surface area contributed by atoms with Crippen LogP contribution in [0, 0.1) is 0 Å². The lowest BCUT2D eigenvalue weighted by atomic mass is 10.2. The Kier molecular flexibility index (Phi) is 4.63. The van der Waals surface area contributed by atoms with Gasteiger partial charge in [0.25, 0.3) is 0 Å². The van der Waals surface area contributed by atoms with E-state index in [9.17, 15) is 4.79 Å². The molecule has 0 aliphatic heterocycles. The Morgan fingerprint density at radius 1 is 1.33 bits per heavy atom. The zero-order valence-corrected chi connectivity index (χ0v) is 9.87. The highest BCUT2D eigenvalue weighted by Gasteiger charge is 2.15. The highest BCUT2D eigenvalue weighted by Crippen LogP contribution is 2.08. The summed E-state index contributed by atoms with van der Waals surface area (Å²) < 4.78 is 0. The van der Waals surface area contributed by atoms with Crippen molar-refractivity contribution in [3.8, 4) is 0 Å². The van der Waals surface area contributed by atoms with Crippen molar-refractivity contribution in [3.63, 3.8) is 0 Å². The minimum absolute atomic E-state index is 0.0180. The normalized spacial score (nSPS) is 10.4. The van der Waals surface area contributed by atoms with Crippen LogP contribution in [-0.2, 0) is 11.3 Å². The first-order chi connectivity index (χ1) is 7.15. The molecule has 0 saturated carbocycles. The maximum absolute atomic E-state index is 11.6. The summed E-state index contributed by atoms with van der Waals surface area (Å²) in [4.78, 5) is 13.3. The maximum Gasteiger partial charge on any atom is 0.238 e. The SMILES string of the molecule is CC(C)N(Cc1ccccc1)C(=O)CCl. The molecular weight excluding hydrogens is 210 g/mol. The van der Waals surface area contributed by atoms with Crippen molar-refractivity contribution in [2.45, 2.75) is 26.4 Å². The van der Waals surface area contributed by atoms with Gasteiger partial charge in [-0.25, -0.2) is 0 Å². The fraction of sp³-hybridized carbons (Fsp3) is 0.417. The molecule has 1 aromatic carbocycles. The van der Waals surface area contributed by atoms with Crippen LogP contribution in [0.4, 0.5) is 0 Å². The molecule has 0 aromatic heterocycles. The molecule has 0 aliphatic carbocycles. The summed E-state index contributed by atoms with van der Waals surface area (Å²) in [6.45, 7) is 4.62. The van der Waals surface area contributed by atoms with E-state index in [2.05, 4.69) is 0 Å². The minimum atomic E-state index is -0.0180. The summed E-state index contributed by atoms with van der Waals surface area (Å²) in [5.74, 6) is 0.0286. The molecule has 0 heterocycles. The number of hydrogen-bond acceptors (Lipinski definition) is 1. The van der Waals surface area contributed by atoms with Gasteiger partial charge in [-0.3, -0.25) is 4.79 Å². The molecule has 0 N–H and O–H groups in total. The number of alkyl halides is 1. The molecule has 0 atom stereocenters. The van der Waals surface area contributed by atoms with Gasteiger partial charge in [0.2, 0.25) is 5.91 Å². The van der Waals surface area contributed by atoms with Gasteiger partial charge in [-0.1, -0.05) is 30.3 Å². The van der Waals surface area contributed by atoms with Gasteiger partial charge < -0.3 is 4.90 Å². The van der Waals surface area contributed by atoms with Crippen LogP contribution < -0.4 is 0 Å². The molecule has 0 aliphatic rings. The number of hydrogen-bond donors (Lipinski definition) is 0. The lowest BCUT2D eigenvalue weighted by Crippen LogP contribution is -2.37. The van der Waals surface area contributed by atoms with Gasteiger partial charge in [0.15, 0.2) is 0 Å². The summed E-state index contributed by atoms with van der Waals surface area (Å²) in [6.07, 6.45) is 0. The minimum Gasteiger partial charge on any atom is -0.335 e. The third-order valence-electron chi connectivity index (χ3n) is 2.25. The average Bonchev–Trinajstić information content (AvgIpc) is 2.26. The van der Waals surface area contributed by atoms with Crippen LogP contribution in [0.5, 0.6) is 0 Å². The molecule has 0 bridgehead atoms. The van der Waals surface area contributed by atoms with Gasteiger partial charge in [-0.05, 0) is 19.4 Å². The van der Waals surface area contributed by atoms with Crippen molar-refractivity contribution in [1.82, 2.24) is 4.90 Å². The van der Waals surface area contributed by atoms with Crippen molar-refractivity contribution >= 4 is 17.5 Å². The number of nitrogens with zero attached hydrogens (tertiary/aromatic N) is 1. The van der Waals surface area contributed by atoms with Crippen molar-refractivity contribution in [3.05, 3.63) is 35.9 Å². The van der Waals surface area contributed by atoms with E-state index in [1.165, 1.54) is 0 Å². The summed E-state index contributed by atoms with van der Waals surface area (Å²) in [5.41, 5.74) is 1.13. The largest absolute Gasteiger partial charge is 0.335 e. The summed E-state index contributed by atoms with van der Waals surface area (Å²) in [5, 5.41) is 0. The van der Waals surface area contributed by atoms with Crippen molar-refractivity contribution in [2.24, 2.45) is 0 Å². The Morgan fingerprint density at radius 3 is 2.40 bits per heavy atom. The molecule has 1 rings (SSSR count). The lowest BCUT2D eigenvalue weighted by molar-refractivity contribution is -0.130. The number of benzene rings is 1. The summed E-state index contributed by atoms with van der Waals surface area (Å²) in [7, 11) is 0. The number of rotatable bonds is 4. The molecule has 0 fully saturated rings. The first-order valence-corrected chi connectivity index (χ1v) is 5.58. The molecular formula is C12H16ClNO. The second kappa shape index (κ2) is 5.76. The molecule has 0 saturated heterocycles. The maximum atomic E-state index is 11.6. The molecule has 0 spiro atoms. The third kappa shape index (κ3) is 3.56. The Hall–Kier alpha value is -1.02. The second-order valence-electron chi connectivity index (χ2n) is 3.73. The van der Waals surface area contributed by atoms with Crippen LogP contribution in [0.15, 0.2) is 30.3 Å². The van der Waals surface area contributed by atoms with E-state index >= 15 is 0 Å². The van der Waals surface area contributed by atoms with Gasteiger partial charge in [-0.2, -0.15) is 0 Å². The van der Waals surface area contributed by atoms with Crippen LogP contribution in [0.1, 0.15) is 19.4 Å². The van der Waals surface area contributed by atoms with Gasteiger partial charge in [0.1, 0.15) is 5.88 Å². The summed E-state index contributed by atoms with van der Waals surface area (Å²) >= 11 is 5.57. The third-order valence-corrected chi connectivity index (χ3v) is 2.48. The molecule has 15 heavy (non-hydrogen) atoms. The summed E-state index contributed by atoms with van der Waals surface area (Å²) in [6, 6.07) is 10.1. The smallest absolute Gasteiger partial charge is 0.238 e. The monoisotopic (exact) mass is 225 g/mol. The fourth-order valence-electron chi connectivity index (χ4n) is 1.42. The molecule has 0 radical (unpaired) electrons. The van der Waals surface area contributed by atoms with Crippen molar-refractivity contribution in [1.29, 1.82) is 0 Å². The second-order valence-corrected chi connectivity index (χ2v) is 4.00. The van der Waals surface area contributed by atoms with Crippen LogP contribution >= 0.6 is 11.6 Å². The highest BCUT2D eigenvalue weighted by atomic mass is 35.5. The lowest BCUT2D eigenvalue weighted by Gasteiger charge is -2.26. The standard InChI is InChI=1S/C12H16ClNO/c1-10(2)14(12(15)8-13)9-11-6-4-3-5-7-11/h3-7,10H,8-9H2,1-2H3. The van der Waals surface area contributed by atoms with Gasteiger partial charge >= 0.3 is 0 Å². The Bertz CT molecular complexity index is 311. The van der Waals surface area contributed by atoms with E-state index < -0.39 is 0 Å². The highest BCUT2D eigenvalue weighted by molar-refractivity contribution is 6.27. The Balaban J connectivity index is 2.72. The molecule has 82 valence electrons. The average molecular weight is 226 g/mol.